The van der Waals surface area contributed by atoms with E-state index < -0.39 is 5.60 Å². The minimum Gasteiger partial charge on any atom is -0.373 e. The number of amides is 1. The summed E-state index contributed by atoms with van der Waals surface area (Å²) in [6.07, 6.45) is 1.91. The van der Waals surface area contributed by atoms with Gasteiger partial charge in [-0.25, -0.2) is 4.39 Å². The molecule has 2 saturated heterocycles. The lowest BCUT2D eigenvalue weighted by atomic mass is 9.87. The highest BCUT2D eigenvalue weighted by molar-refractivity contribution is 5.77. The Balaban J connectivity index is 1.35. The maximum absolute atomic E-state index is 14.0. The van der Waals surface area contributed by atoms with E-state index in [2.05, 4.69) is 15.0 Å². The lowest BCUT2D eigenvalue weighted by molar-refractivity contribution is -0.136. The molecule has 1 spiro atoms. The highest BCUT2D eigenvalue weighted by Crippen LogP contribution is 2.33. The van der Waals surface area contributed by atoms with Crippen LogP contribution in [0, 0.1) is 12.7 Å². The fraction of sp³-hybridized carbons (Fsp3) is 0.550. The van der Waals surface area contributed by atoms with Crippen molar-refractivity contribution in [1.29, 1.82) is 0 Å². The molecule has 2 fully saturated rings. The van der Waals surface area contributed by atoms with Crippen molar-refractivity contribution in [3.05, 3.63) is 47.4 Å². The van der Waals surface area contributed by atoms with Crippen molar-refractivity contribution in [2.45, 2.75) is 44.9 Å². The standard InChI is InChI=1S/C20H25FN4O3/c1-15-22-18(23-28-15)14-24-8-6-20(7-9-24)12-19(26)25(10-11-27-20)13-16-4-2-3-5-17(16)21/h2-5H,6-14H2,1H3. The second-order valence-corrected chi connectivity index (χ2v) is 7.62. The molecule has 1 amide bonds. The first kappa shape index (κ1) is 19.0. The molecular formula is C20H25FN4O3. The SMILES string of the molecule is Cc1nc(CN2CCC3(CC2)CC(=O)N(Cc2ccccc2F)CCO3)no1. The van der Waals surface area contributed by atoms with Crippen LogP contribution in [-0.2, 0) is 22.6 Å². The van der Waals surface area contributed by atoms with Crippen LogP contribution in [0.1, 0.15) is 36.5 Å². The summed E-state index contributed by atoms with van der Waals surface area (Å²) in [5, 5.41) is 3.95. The number of aryl methyl sites for hydroxylation is 1. The zero-order valence-corrected chi connectivity index (χ0v) is 16.1. The van der Waals surface area contributed by atoms with Gasteiger partial charge in [-0.3, -0.25) is 9.69 Å². The molecule has 2 aliphatic rings. The van der Waals surface area contributed by atoms with Gasteiger partial charge in [0.1, 0.15) is 5.82 Å². The van der Waals surface area contributed by atoms with Crippen LogP contribution in [-0.4, -0.2) is 57.7 Å². The molecule has 0 bridgehead atoms. The smallest absolute Gasteiger partial charge is 0.225 e. The number of likely N-dealkylation sites (tertiary alicyclic amines) is 1. The van der Waals surface area contributed by atoms with Crippen molar-refractivity contribution in [2.24, 2.45) is 0 Å². The number of aromatic nitrogens is 2. The maximum Gasteiger partial charge on any atom is 0.225 e. The number of carbonyl (C=O) groups is 1. The lowest BCUT2D eigenvalue weighted by Gasteiger charge is -2.40. The van der Waals surface area contributed by atoms with Crippen molar-refractivity contribution in [3.8, 4) is 0 Å². The van der Waals surface area contributed by atoms with Gasteiger partial charge in [0.05, 0.1) is 25.2 Å². The third-order valence-electron chi connectivity index (χ3n) is 5.62. The molecule has 0 N–H and O–H groups in total. The molecule has 150 valence electrons. The minimum atomic E-state index is -0.426. The number of rotatable bonds is 4. The number of ether oxygens (including phenoxy) is 1. The van der Waals surface area contributed by atoms with E-state index in [1.807, 2.05) is 0 Å². The van der Waals surface area contributed by atoms with E-state index in [1.54, 1.807) is 30.0 Å². The fourth-order valence-corrected chi connectivity index (χ4v) is 3.98. The number of nitrogens with zero attached hydrogens (tertiary/aromatic N) is 4. The molecule has 0 aliphatic carbocycles. The molecule has 0 saturated carbocycles. The largest absolute Gasteiger partial charge is 0.373 e. The van der Waals surface area contributed by atoms with Crippen LogP contribution in [0.2, 0.25) is 0 Å². The van der Waals surface area contributed by atoms with Crippen LogP contribution in [0.25, 0.3) is 0 Å². The number of benzene rings is 1. The van der Waals surface area contributed by atoms with Gasteiger partial charge in [-0.05, 0) is 18.9 Å². The predicted molar refractivity (Wildman–Crippen MR) is 98.7 cm³/mol. The van der Waals surface area contributed by atoms with Crippen molar-refractivity contribution in [3.63, 3.8) is 0 Å². The highest BCUT2D eigenvalue weighted by atomic mass is 19.1. The Labute approximate surface area is 163 Å². The van der Waals surface area contributed by atoms with E-state index >= 15 is 0 Å². The van der Waals surface area contributed by atoms with E-state index in [0.717, 1.165) is 25.9 Å². The summed E-state index contributed by atoms with van der Waals surface area (Å²) in [5.74, 6) is 1.00. The van der Waals surface area contributed by atoms with E-state index in [1.165, 1.54) is 6.07 Å². The van der Waals surface area contributed by atoms with E-state index in [9.17, 15) is 9.18 Å². The Kier molecular flexibility index (Phi) is 5.41. The number of hydrogen-bond donors (Lipinski definition) is 0. The molecule has 2 aromatic rings. The Morgan fingerprint density at radius 1 is 1.18 bits per heavy atom. The second-order valence-electron chi connectivity index (χ2n) is 7.62. The molecule has 0 atom stereocenters. The van der Waals surface area contributed by atoms with Gasteiger partial charge in [-0.15, -0.1) is 0 Å². The normalized spacial score (nSPS) is 20.5. The Hall–Kier alpha value is -2.32. The van der Waals surface area contributed by atoms with Gasteiger partial charge in [-0.1, -0.05) is 23.4 Å². The third kappa shape index (κ3) is 4.23. The molecule has 4 rings (SSSR count). The monoisotopic (exact) mass is 388 g/mol. The molecule has 3 heterocycles. The summed E-state index contributed by atoms with van der Waals surface area (Å²) in [6.45, 7) is 5.29. The van der Waals surface area contributed by atoms with Gasteiger partial charge in [0.2, 0.25) is 11.8 Å². The summed E-state index contributed by atoms with van der Waals surface area (Å²) in [4.78, 5) is 21.1. The first-order valence-corrected chi connectivity index (χ1v) is 9.70. The molecule has 7 nitrogen and oxygen atoms in total. The van der Waals surface area contributed by atoms with Crippen LogP contribution in [0.5, 0.6) is 0 Å². The minimum absolute atomic E-state index is 0.0306. The zero-order chi connectivity index (χ0) is 19.6. The fourth-order valence-electron chi connectivity index (χ4n) is 3.98. The van der Waals surface area contributed by atoms with Crippen molar-refractivity contribution in [1.82, 2.24) is 19.9 Å². The Bertz CT molecular complexity index is 832. The van der Waals surface area contributed by atoms with Crippen molar-refractivity contribution >= 4 is 5.91 Å². The molecule has 1 aromatic heterocycles. The highest BCUT2D eigenvalue weighted by Gasteiger charge is 2.40. The molecule has 8 heteroatoms. The molecular weight excluding hydrogens is 363 g/mol. The van der Waals surface area contributed by atoms with Gasteiger partial charge in [0.25, 0.3) is 0 Å². The molecule has 28 heavy (non-hydrogen) atoms. The lowest BCUT2D eigenvalue weighted by Crippen LogP contribution is -2.47. The van der Waals surface area contributed by atoms with Gasteiger partial charge >= 0.3 is 0 Å². The van der Waals surface area contributed by atoms with E-state index in [0.29, 0.717) is 43.4 Å². The number of piperidine rings is 1. The summed E-state index contributed by atoms with van der Waals surface area (Å²) in [5.41, 5.74) is 0.113. The van der Waals surface area contributed by atoms with Crippen LogP contribution in [0.3, 0.4) is 0 Å². The summed E-state index contributed by atoms with van der Waals surface area (Å²) in [6, 6.07) is 6.60. The van der Waals surface area contributed by atoms with Gasteiger partial charge in [0.15, 0.2) is 5.82 Å². The van der Waals surface area contributed by atoms with E-state index in [-0.39, 0.29) is 18.3 Å². The molecule has 2 aliphatic heterocycles. The number of halogens is 1. The number of hydrogen-bond acceptors (Lipinski definition) is 6. The third-order valence-corrected chi connectivity index (χ3v) is 5.62. The summed E-state index contributed by atoms with van der Waals surface area (Å²) < 4.78 is 25.1. The van der Waals surface area contributed by atoms with Crippen LogP contribution in [0.4, 0.5) is 4.39 Å². The molecule has 1 aromatic carbocycles. The van der Waals surface area contributed by atoms with Crippen LogP contribution >= 0.6 is 0 Å². The van der Waals surface area contributed by atoms with Crippen molar-refractivity contribution in [2.75, 3.05) is 26.2 Å². The second kappa shape index (κ2) is 7.97. The van der Waals surface area contributed by atoms with Crippen molar-refractivity contribution < 1.29 is 18.4 Å². The number of carbonyl (C=O) groups excluding carboxylic acids is 1. The molecule has 0 unspecified atom stereocenters. The maximum atomic E-state index is 14.0. The van der Waals surface area contributed by atoms with E-state index in [4.69, 9.17) is 9.26 Å². The van der Waals surface area contributed by atoms with Crippen LogP contribution < -0.4 is 0 Å². The Morgan fingerprint density at radius 3 is 2.68 bits per heavy atom. The predicted octanol–water partition coefficient (Wildman–Crippen LogP) is 2.30. The average Bonchev–Trinajstić information content (AvgIpc) is 3.02. The molecule has 0 radical (unpaired) electrons. The van der Waals surface area contributed by atoms with Gasteiger partial charge < -0.3 is 14.2 Å². The first-order valence-electron chi connectivity index (χ1n) is 9.70. The van der Waals surface area contributed by atoms with Gasteiger partial charge in [0, 0.05) is 38.7 Å². The first-order chi connectivity index (χ1) is 13.5. The summed E-state index contributed by atoms with van der Waals surface area (Å²) >= 11 is 0. The average molecular weight is 388 g/mol. The Morgan fingerprint density at radius 2 is 1.96 bits per heavy atom. The quantitative estimate of drug-likeness (QED) is 0.800. The van der Waals surface area contributed by atoms with Gasteiger partial charge in [-0.2, -0.15) is 4.98 Å². The summed E-state index contributed by atoms with van der Waals surface area (Å²) in [7, 11) is 0. The van der Waals surface area contributed by atoms with Crippen LogP contribution in [0.15, 0.2) is 28.8 Å². The topological polar surface area (TPSA) is 71.7 Å². The zero-order valence-electron chi connectivity index (χ0n) is 16.1.